The molecule has 0 aliphatic carbocycles. The van der Waals surface area contributed by atoms with Crippen molar-refractivity contribution in [1.82, 2.24) is 9.80 Å². The highest BCUT2D eigenvalue weighted by atomic mass is 19.1. The summed E-state index contributed by atoms with van der Waals surface area (Å²) in [5.74, 6) is -0.403. The lowest BCUT2D eigenvalue weighted by molar-refractivity contribution is -0.135. The maximum Gasteiger partial charge on any atom is 0.246 e. The molecule has 2 amide bonds. The van der Waals surface area contributed by atoms with Crippen molar-refractivity contribution in [1.29, 1.82) is 0 Å². The predicted molar refractivity (Wildman–Crippen MR) is 74.3 cm³/mol. The summed E-state index contributed by atoms with van der Waals surface area (Å²) in [5, 5.41) is 0. The number of nitrogens with zero attached hydrogens (tertiary/aromatic N) is 2. The fourth-order valence-corrected chi connectivity index (χ4v) is 2.12. The number of carbonyl (C=O) groups is 2. The van der Waals surface area contributed by atoms with E-state index in [0.29, 0.717) is 31.7 Å². The van der Waals surface area contributed by atoms with Crippen LogP contribution in [-0.4, -0.2) is 47.8 Å². The third-order valence-electron chi connectivity index (χ3n) is 3.30. The fraction of sp³-hybridized carbons (Fsp3) is 0.333. The molecule has 0 radical (unpaired) electrons. The minimum absolute atomic E-state index is 0.0346. The lowest BCUT2D eigenvalue weighted by Crippen LogP contribution is -2.49. The summed E-state index contributed by atoms with van der Waals surface area (Å²) < 4.78 is 13.0. The average Bonchev–Trinajstić information content (AvgIpc) is 2.45. The zero-order chi connectivity index (χ0) is 14.5. The SMILES string of the molecule is CC(=O)N1CCN(C(=O)C=Cc2cccc(F)c2)CC1. The first-order chi connectivity index (χ1) is 9.56. The van der Waals surface area contributed by atoms with Gasteiger partial charge in [0.05, 0.1) is 0 Å². The quantitative estimate of drug-likeness (QED) is 0.769. The van der Waals surface area contributed by atoms with Gasteiger partial charge in [0.15, 0.2) is 0 Å². The van der Waals surface area contributed by atoms with E-state index in [1.165, 1.54) is 25.1 Å². The zero-order valence-electron chi connectivity index (χ0n) is 11.4. The average molecular weight is 276 g/mol. The van der Waals surface area contributed by atoms with E-state index in [0.717, 1.165) is 0 Å². The minimum Gasteiger partial charge on any atom is -0.339 e. The number of rotatable bonds is 2. The molecule has 0 saturated carbocycles. The van der Waals surface area contributed by atoms with Crippen molar-refractivity contribution in [2.45, 2.75) is 6.92 Å². The standard InChI is InChI=1S/C15H17FN2O2/c1-12(19)17-7-9-18(10-8-17)15(20)6-5-13-3-2-4-14(16)11-13/h2-6,11H,7-10H2,1H3. The number of hydrogen-bond acceptors (Lipinski definition) is 2. The zero-order valence-corrected chi connectivity index (χ0v) is 11.4. The van der Waals surface area contributed by atoms with Crippen molar-refractivity contribution >= 4 is 17.9 Å². The van der Waals surface area contributed by atoms with Gasteiger partial charge in [0.1, 0.15) is 5.82 Å². The fourth-order valence-electron chi connectivity index (χ4n) is 2.12. The van der Waals surface area contributed by atoms with E-state index in [-0.39, 0.29) is 17.6 Å². The first-order valence-corrected chi connectivity index (χ1v) is 6.54. The number of piperazine rings is 1. The second-order valence-electron chi connectivity index (χ2n) is 4.72. The van der Waals surface area contributed by atoms with E-state index in [2.05, 4.69) is 0 Å². The van der Waals surface area contributed by atoms with Gasteiger partial charge in [-0.25, -0.2) is 4.39 Å². The number of benzene rings is 1. The maximum atomic E-state index is 13.0. The Bertz CT molecular complexity index is 534. The summed E-state index contributed by atoms with van der Waals surface area (Å²) in [4.78, 5) is 26.6. The lowest BCUT2D eigenvalue weighted by atomic mass is 10.2. The van der Waals surface area contributed by atoms with Crippen molar-refractivity contribution in [3.8, 4) is 0 Å². The van der Waals surface area contributed by atoms with Crippen LogP contribution in [0.2, 0.25) is 0 Å². The molecule has 20 heavy (non-hydrogen) atoms. The number of hydrogen-bond donors (Lipinski definition) is 0. The van der Waals surface area contributed by atoms with Crippen LogP contribution in [-0.2, 0) is 9.59 Å². The molecule has 0 unspecified atom stereocenters. The summed E-state index contributed by atoms with van der Waals surface area (Å²) in [7, 11) is 0. The summed E-state index contributed by atoms with van der Waals surface area (Å²) >= 11 is 0. The van der Waals surface area contributed by atoms with Crippen molar-refractivity contribution < 1.29 is 14.0 Å². The topological polar surface area (TPSA) is 40.6 Å². The highest BCUT2D eigenvalue weighted by Crippen LogP contribution is 2.07. The highest BCUT2D eigenvalue weighted by molar-refractivity contribution is 5.92. The summed E-state index contributed by atoms with van der Waals surface area (Å²) in [6, 6.07) is 6.07. The van der Waals surface area contributed by atoms with Crippen LogP contribution in [0.5, 0.6) is 0 Å². The van der Waals surface area contributed by atoms with E-state index in [4.69, 9.17) is 0 Å². The van der Waals surface area contributed by atoms with Crippen LogP contribution < -0.4 is 0 Å². The van der Waals surface area contributed by atoms with E-state index in [1.54, 1.807) is 28.0 Å². The molecule has 2 rings (SSSR count). The Kier molecular flexibility index (Phi) is 4.50. The van der Waals surface area contributed by atoms with Gasteiger partial charge in [-0.1, -0.05) is 12.1 Å². The van der Waals surface area contributed by atoms with Gasteiger partial charge in [0, 0.05) is 39.2 Å². The number of carbonyl (C=O) groups excluding carboxylic acids is 2. The molecule has 1 saturated heterocycles. The van der Waals surface area contributed by atoms with Crippen molar-refractivity contribution in [2.24, 2.45) is 0 Å². The van der Waals surface area contributed by atoms with Gasteiger partial charge in [0.25, 0.3) is 0 Å². The third kappa shape index (κ3) is 3.66. The molecule has 1 aliphatic rings. The molecule has 1 aromatic carbocycles. The lowest BCUT2D eigenvalue weighted by Gasteiger charge is -2.33. The van der Waals surface area contributed by atoms with Crippen LogP contribution >= 0.6 is 0 Å². The van der Waals surface area contributed by atoms with Crippen LogP contribution in [0.1, 0.15) is 12.5 Å². The van der Waals surface area contributed by atoms with Gasteiger partial charge in [0.2, 0.25) is 11.8 Å². The molecule has 5 heteroatoms. The molecular weight excluding hydrogens is 259 g/mol. The minimum atomic E-state index is -0.324. The number of halogens is 1. The second kappa shape index (κ2) is 6.32. The van der Waals surface area contributed by atoms with Crippen molar-refractivity contribution in [3.63, 3.8) is 0 Å². The molecule has 1 heterocycles. The van der Waals surface area contributed by atoms with Crippen molar-refractivity contribution in [3.05, 3.63) is 41.7 Å². The molecule has 0 spiro atoms. The van der Waals surface area contributed by atoms with Crippen LogP contribution in [0.25, 0.3) is 6.08 Å². The molecule has 106 valence electrons. The Morgan fingerprint density at radius 2 is 1.80 bits per heavy atom. The molecule has 0 aromatic heterocycles. The Labute approximate surface area is 117 Å². The van der Waals surface area contributed by atoms with Gasteiger partial charge < -0.3 is 9.80 Å². The molecule has 0 atom stereocenters. The Balaban J connectivity index is 1.91. The molecule has 4 nitrogen and oxygen atoms in total. The van der Waals surface area contributed by atoms with Gasteiger partial charge in [-0.2, -0.15) is 0 Å². The first kappa shape index (κ1) is 14.2. The normalized spacial score (nSPS) is 15.7. The van der Waals surface area contributed by atoms with E-state index >= 15 is 0 Å². The van der Waals surface area contributed by atoms with Crippen LogP contribution in [0, 0.1) is 5.82 Å². The molecule has 1 aromatic rings. The van der Waals surface area contributed by atoms with Crippen LogP contribution in [0.3, 0.4) is 0 Å². The molecule has 1 fully saturated rings. The summed E-state index contributed by atoms with van der Waals surface area (Å²) in [6.45, 7) is 3.73. The Morgan fingerprint density at radius 1 is 1.15 bits per heavy atom. The third-order valence-corrected chi connectivity index (χ3v) is 3.30. The van der Waals surface area contributed by atoms with E-state index < -0.39 is 0 Å². The van der Waals surface area contributed by atoms with Crippen LogP contribution in [0.4, 0.5) is 4.39 Å². The largest absolute Gasteiger partial charge is 0.339 e. The Hall–Kier alpha value is -2.17. The van der Waals surface area contributed by atoms with Gasteiger partial charge in [-0.05, 0) is 23.8 Å². The molecule has 0 bridgehead atoms. The monoisotopic (exact) mass is 276 g/mol. The van der Waals surface area contributed by atoms with E-state index in [9.17, 15) is 14.0 Å². The first-order valence-electron chi connectivity index (χ1n) is 6.54. The van der Waals surface area contributed by atoms with Gasteiger partial charge in [-0.15, -0.1) is 0 Å². The summed E-state index contributed by atoms with van der Waals surface area (Å²) in [5.41, 5.74) is 0.653. The van der Waals surface area contributed by atoms with E-state index in [1.807, 2.05) is 0 Å². The second-order valence-corrected chi connectivity index (χ2v) is 4.72. The highest BCUT2D eigenvalue weighted by Gasteiger charge is 2.20. The molecule has 0 N–H and O–H groups in total. The maximum absolute atomic E-state index is 13.0. The van der Waals surface area contributed by atoms with Gasteiger partial charge in [-0.3, -0.25) is 9.59 Å². The molecule has 1 aliphatic heterocycles. The smallest absolute Gasteiger partial charge is 0.246 e. The summed E-state index contributed by atoms with van der Waals surface area (Å²) in [6.07, 6.45) is 3.04. The van der Waals surface area contributed by atoms with Gasteiger partial charge >= 0.3 is 0 Å². The Morgan fingerprint density at radius 3 is 2.40 bits per heavy atom. The molecular formula is C15H17FN2O2. The van der Waals surface area contributed by atoms with Crippen LogP contribution in [0.15, 0.2) is 30.3 Å². The predicted octanol–water partition coefficient (Wildman–Crippen LogP) is 1.53. The van der Waals surface area contributed by atoms with Crippen molar-refractivity contribution in [2.75, 3.05) is 26.2 Å². The number of amides is 2.